The summed E-state index contributed by atoms with van der Waals surface area (Å²) in [5, 5.41) is 3.34. The number of hydrogen-bond acceptors (Lipinski definition) is 4. The molecular formula is C15H24N4. The van der Waals surface area contributed by atoms with E-state index in [1.807, 2.05) is 0 Å². The van der Waals surface area contributed by atoms with Crippen molar-refractivity contribution in [1.29, 1.82) is 0 Å². The van der Waals surface area contributed by atoms with E-state index in [-0.39, 0.29) is 0 Å². The highest BCUT2D eigenvalue weighted by Gasteiger charge is 2.30. The molecule has 19 heavy (non-hydrogen) atoms. The molecule has 0 spiro atoms. The number of piperazine rings is 1. The number of nitrogens with zero attached hydrogens (tertiary/aromatic N) is 3. The number of rotatable bonds is 4. The van der Waals surface area contributed by atoms with Gasteiger partial charge in [-0.2, -0.15) is 0 Å². The molecule has 0 saturated carbocycles. The molecule has 1 N–H and O–H groups in total. The van der Waals surface area contributed by atoms with Crippen LogP contribution in [0.25, 0.3) is 0 Å². The van der Waals surface area contributed by atoms with Gasteiger partial charge in [0, 0.05) is 32.2 Å². The molecular weight excluding hydrogens is 236 g/mol. The first-order valence-corrected chi connectivity index (χ1v) is 7.52. The Morgan fingerprint density at radius 1 is 1.32 bits per heavy atom. The summed E-state index contributed by atoms with van der Waals surface area (Å²) in [7, 11) is 0. The number of anilines is 1. The van der Waals surface area contributed by atoms with Crippen molar-refractivity contribution in [3.8, 4) is 0 Å². The zero-order valence-corrected chi connectivity index (χ0v) is 11.8. The zero-order chi connectivity index (χ0) is 13.1. The molecule has 2 saturated heterocycles. The van der Waals surface area contributed by atoms with Gasteiger partial charge in [-0.15, -0.1) is 0 Å². The number of pyridine rings is 1. The van der Waals surface area contributed by atoms with Gasteiger partial charge in [-0.1, -0.05) is 13.0 Å². The zero-order valence-electron chi connectivity index (χ0n) is 11.8. The fourth-order valence-corrected chi connectivity index (χ4v) is 3.19. The second kappa shape index (κ2) is 5.88. The summed E-state index contributed by atoms with van der Waals surface area (Å²) in [5.41, 5.74) is 1.15. The smallest absolute Gasteiger partial charge is 0.128 e. The normalized spacial score (nSPS) is 23.6. The van der Waals surface area contributed by atoms with Crippen LogP contribution in [0, 0.1) is 0 Å². The van der Waals surface area contributed by atoms with E-state index in [0.29, 0.717) is 0 Å². The Hall–Kier alpha value is -1.13. The van der Waals surface area contributed by atoms with Gasteiger partial charge in [0.05, 0.1) is 5.69 Å². The van der Waals surface area contributed by atoms with Crippen molar-refractivity contribution in [2.45, 2.75) is 32.4 Å². The minimum absolute atomic E-state index is 0.757. The molecule has 0 aromatic carbocycles. The minimum atomic E-state index is 0.757. The van der Waals surface area contributed by atoms with Crippen LogP contribution in [0.3, 0.4) is 0 Å². The minimum Gasteiger partial charge on any atom is -0.354 e. The lowest BCUT2D eigenvalue weighted by atomic mass is 10.1. The number of hydrogen-bond donors (Lipinski definition) is 1. The van der Waals surface area contributed by atoms with Crippen LogP contribution in [0.4, 0.5) is 5.82 Å². The Bertz CT molecular complexity index is 420. The van der Waals surface area contributed by atoms with Crippen LogP contribution < -0.4 is 10.2 Å². The van der Waals surface area contributed by atoms with Crippen LogP contribution >= 0.6 is 0 Å². The van der Waals surface area contributed by atoms with Gasteiger partial charge in [0.1, 0.15) is 5.82 Å². The van der Waals surface area contributed by atoms with Gasteiger partial charge in [0.25, 0.3) is 0 Å². The summed E-state index contributed by atoms with van der Waals surface area (Å²) in [6.45, 7) is 8.76. The van der Waals surface area contributed by atoms with E-state index in [4.69, 9.17) is 4.98 Å². The standard InChI is InChI=1S/C15H24N4/c1-2-16-11-13-5-3-7-15(17-13)19-10-9-18-8-4-6-14(18)12-19/h3,5,7,14,16H,2,4,6,8-12H2,1H3. The van der Waals surface area contributed by atoms with Crippen LogP contribution in [0.1, 0.15) is 25.5 Å². The third-order valence-electron chi connectivity index (χ3n) is 4.26. The van der Waals surface area contributed by atoms with Gasteiger partial charge < -0.3 is 10.2 Å². The first kappa shape index (κ1) is 12.9. The number of nitrogens with one attached hydrogen (secondary N) is 1. The van der Waals surface area contributed by atoms with Gasteiger partial charge in [-0.3, -0.25) is 4.90 Å². The van der Waals surface area contributed by atoms with Gasteiger partial charge in [0.2, 0.25) is 0 Å². The first-order valence-electron chi connectivity index (χ1n) is 7.52. The van der Waals surface area contributed by atoms with Crippen LogP contribution in [0.15, 0.2) is 18.2 Å². The first-order chi connectivity index (χ1) is 9.36. The van der Waals surface area contributed by atoms with E-state index in [9.17, 15) is 0 Å². The lowest BCUT2D eigenvalue weighted by Gasteiger charge is -2.38. The second-order valence-electron chi connectivity index (χ2n) is 5.55. The molecule has 2 aliphatic rings. The molecule has 4 heteroatoms. The summed E-state index contributed by atoms with van der Waals surface area (Å²) in [5.74, 6) is 1.15. The van der Waals surface area contributed by atoms with Gasteiger partial charge in [0.15, 0.2) is 0 Å². The topological polar surface area (TPSA) is 31.4 Å². The molecule has 0 bridgehead atoms. The predicted molar refractivity (Wildman–Crippen MR) is 78.4 cm³/mol. The fraction of sp³-hybridized carbons (Fsp3) is 0.667. The largest absolute Gasteiger partial charge is 0.354 e. The SMILES string of the molecule is CCNCc1cccc(N2CCN3CCCC3C2)n1. The van der Waals surface area contributed by atoms with E-state index >= 15 is 0 Å². The summed E-state index contributed by atoms with van der Waals surface area (Å²) < 4.78 is 0. The third-order valence-corrected chi connectivity index (χ3v) is 4.26. The maximum atomic E-state index is 4.79. The Morgan fingerprint density at radius 3 is 3.16 bits per heavy atom. The second-order valence-corrected chi connectivity index (χ2v) is 5.55. The van der Waals surface area contributed by atoms with Crippen molar-refractivity contribution in [1.82, 2.24) is 15.2 Å². The summed E-state index contributed by atoms with van der Waals surface area (Å²) in [6.07, 6.45) is 2.72. The molecule has 2 aliphatic heterocycles. The Labute approximate surface area is 115 Å². The van der Waals surface area contributed by atoms with Crippen LogP contribution in [0.2, 0.25) is 0 Å². The molecule has 0 aliphatic carbocycles. The average Bonchev–Trinajstić information content (AvgIpc) is 2.92. The molecule has 3 rings (SSSR count). The molecule has 104 valence electrons. The van der Waals surface area contributed by atoms with Crippen molar-refractivity contribution < 1.29 is 0 Å². The molecule has 1 aromatic rings. The molecule has 0 radical (unpaired) electrons. The quantitative estimate of drug-likeness (QED) is 0.888. The maximum Gasteiger partial charge on any atom is 0.128 e. The molecule has 1 unspecified atom stereocenters. The van der Waals surface area contributed by atoms with Crippen LogP contribution in [-0.4, -0.2) is 48.6 Å². The van der Waals surface area contributed by atoms with Crippen molar-refractivity contribution in [3.63, 3.8) is 0 Å². The average molecular weight is 260 g/mol. The van der Waals surface area contributed by atoms with Crippen molar-refractivity contribution in [2.24, 2.45) is 0 Å². The predicted octanol–water partition coefficient (Wildman–Crippen LogP) is 1.48. The van der Waals surface area contributed by atoms with Crippen molar-refractivity contribution in [2.75, 3.05) is 37.6 Å². The summed E-state index contributed by atoms with van der Waals surface area (Å²) in [4.78, 5) is 9.89. The van der Waals surface area contributed by atoms with E-state index < -0.39 is 0 Å². The summed E-state index contributed by atoms with van der Waals surface area (Å²) >= 11 is 0. The monoisotopic (exact) mass is 260 g/mol. The number of aromatic nitrogens is 1. The molecule has 2 fully saturated rings. The van der Waals surface area contributed by atoms with E-state index in [0.717, 1.165) is 43.7 Å². The van der Waals surface area contributed by atoms with E-state index in [1.54, 1.807) is 0 Å². The van der Waals surface area contributed by atoms with Gasteiger partial charge >= 0.3 is 0 Å². The Morgan fingerprint density at radius 2 is 2.26 bits per heavy atom. The fourth-order valence-electron chi connectivity index (χ4n) is 3.19. The van der Waals surface area contributed by atoms with Gasteiger partial charge in [-0.25, -0.2) is 4.98 Å². The highest BCUT2D eigenvalue weighted by atomic mass is 15.3. The van der Waals surface area contributed by atoms with Gasteiger partial charge in [-0.05, 0) is 38.1 Å². The highest BCUT2D eigenvalue weighted by molar-refractivity contribution is 5.40. The lowest BCUT2D eigenvalue weighted by Crippen LogP contribution is -2.50. The lowest BCUT2D eigenvalue weighted by molar-refractivity contribution is 0.230. The third kappa shape index (κ3) is 2.90. The molecule has 1 aromatic heterocycles. The highest BCUT2D eigenvalue weighted by Crippen LogP contribution is 2.24. The maximum absolute atomic E-state index is 4.79. The molecule has 3 heterocycles. The Balaban J connectivity index is 1.68. The van der Waals surface area contributed by atoms with E-state index in [1.165, 1.54) is 25.9 Å². The molecule has 0 amide bonds. The van der Waals surface area contributed by atoms with Crippen LogP contribution in [0.5, 0.6) is 0 Å². The number of fused-ring (bicyclic) bond motifs is 1. The Kier molecular flexibility index (Phi) is 3.99. The summed E-state index contributed by atoms with van der Waals surface area (Å²) in [6, 6.07) is 7.15. The molecule has 1 atom stereocenters. The van der Waals surface area contributed by atoms with Crippen LogP contribution in [-0.2, 0) is 6.54 Å². The molecule has 4 nitrogen and oxygen atoms in total. The van der Waals surface area contributed by atoms with Crippen molar-refractivity contribution in [3.05, 3.63) is 23.9 Å². The van der Waals surface area contributed by atoms with E-state index in [2.05, 4.69) is 40.2 Å². The van der Waals surface area contributed by atoms with Crippen molar-refractivity contribution >= 4 is 5.82 Å².